The number of likely N-dealkylation sites (tertiary alicyclic amines) is 1. The fourth-order valence-electron chi connectivity index (χ4n) is 3.93. The van der Waals surface area contributed by atoms with Crippen molar-refractivity contribution in [2.45, 2.75) is 38.3 Å². The molecule has 0 saturated carbocycles. The van der Waals surface area contributed by atoms with E-state index in [1.54, 1.807) is 0 Å². The maximum atomic E-state index is 12.9. The Bertz CT molecular complexity index is 679. The van der Waals surface area contributed by atoms with Gasteiger partial charge in [0, 0.05) is 39.1 Å². The number of nitrogens with zero attached hydrogens (tertiary/aromatic N) is 2. The first-order valence-electron chi connectivity index (χ1n) is 9.64. The van der Waals surface area contributed by atoms with Gasteiger partial charge in [-0.05, 0) is 18.4 Å². The maximum absolute atomic E-state index is 12.9. The molecular weight excluding hydrogens is 344 g/mol. The lowest BCUT2D eigenvalue weighted by atomic mass is 10.00. The first-order chi connectivity index (χ1) is 13.0. The van der Waals surface area contributed by atoms with Crippen molar-refractivity contribution >= 4 is 17.7 Å². The van der Waals surface area contributed by atoms with Gasteiger partial charge in [-0.2, -0.15) is 0 Å². The summed E-state index contributed by atoms with van der Waals surface area (Å²) in [7, 11) is 0. The molecule has 0 bridgehead atoms. The summed E-state index contributed by atoms with van der Waals surface area (Å²) in [4.78, 5) is 40.5. The van der Waals surface area contributed by atoms with Crippen molar-refractivity contribution < 1.29 is 14.4 Å². The predicted molar refractivity (Wildman–Crippen MR) is 102 cm³/mol. The Balaban J connectivity index is 1.64. The Morgan fingerprint density at radius 2 is 2.04 bits per heavy atom. The molecule has 1 aromatic rings. The summed E-state index contributed by atoms with van der Waals surface area (Å²) >= 11 is 0. The lowest BCUT2D eigenvalue weighted by Crippen LogP contribution is -2.57. The van der Waals surface area contributed by atoms with Gasteiger partial charge < -0.3 is 20.4 Å². The normalized spacial score (nSPS) is 21.7. The van der Waals surface area contributed by atoms with Gasteiger partial charge in [-0.3, -0.25) is 14.4 Å². The van der Waals surface area contributed by atoms with E-state index in [4.69, 9.17) is 0 Å². The molecule has 2 N–H and O–H groups in total. The summed E-state index contributed by atoms with van der Waals surface area (Å²) in [6, 6.07) is 9.32. The van der Waals surface area contributed by atoms with Gasteiger partial charge in [0.25, 0.3) is 0 Å². The number of rotatable bonds is 5. The van der Waals surface area contributed by atoms with Crippen LogP contribution in [-0.2, 0) is 14.4 Å². The molecule has 0 aliphatic carbocycles. The number of hydrogen-bond donors (Lipinski definition) is 2. The molecule has 146 valence electrons. The number of nitrogens with one attached hydrogen (secondary N) is 2. The zero-order chi connectivity index (χ0) is 19.2. The third-order valence-corrected chi connectivity index (χ3v) is 5.27. The first-order valence-corrected chi connectivity index (χ1v) is 9.64. The van der Waals surface area contributed by atoms with E-state index < -0.39 is 0 Å². The van der Waals surface area contributed by atoms with E-state index in [-0.39, 0.29) is 36.2 Å². The number of amides is 3. The average Bonchev–Trinajstić information content (AvgIpc) is 2.68. The Kier molecular flexibility index (Phi) is 6.45. The Labute approximate surface area is 160 Å². The number of piperazine rings is 1. The largest absolute Gasteiger partial charge is 0.349 e. The van der Waals surface area contributed by atoms with Crippen molar-refractivity contribution in [2.75, 3.05) is 32.7 Å². The monoisotopic (exact) mass is 372 g/mol. The van der Waals surface area contributed by atoms with Crippen molar-refractivity contribution in [1.29, 1.82) is 0 Å². The van der Waals surface area contributed by atoms with Gasteiger partial charge in [0.15, 0.2) is 0 Å². The highest BCUT2D eigenvalue weighted by molar-refractivity contribution is 5.81. The second kappa shape index (κ2) is 8.99. The van der Waals surface area contributed by atoms with Gasteiger partial charge in [0.05, 0.1) is 19.0 Å². The zero-order valence-corrected chi connectivity index (χ0v) is 15.8. The second-order valence-electron chi connectivity index (χ2n) is 7.27. The van der Waals surface area contributed by atoms with Gasteiger partial charge in [-0.15, -0.1) is 0 Å². The molecule has 3 amide bonds. The van der Waals surface area contributed by atoms with E-state index in [9.17, 15) is 14.4 Å². The number of carbonyl (C=O) groups is 3. The predicted octanol–water partition coefficient (Wildman–Crippen LogP) is 0.677. The molecule has 2 atom stereocenters. The number of carbonyl (C=O) groups excluding carboxylic acids is 3. The first kappa shape index (κ1) is 19.4. The van der Waals surface area contributed by atoms with Crippen LogP contribution in [0.25, 0.3) is 0 Å². The van der Waals surface area contributed by atoms with Crippen LogP contribution in [0.1, 0.15) is 37.8 Å². The molecule has 3 rings (SSSR count). The molecule has 0 radical (unpaired) electrons. The summed E-state index contributed by atoms with van der Waals surface area (Å²) in [5.74, 6) is -0.0227. The SMILES string of the molecule is CC(=O)NC(CC(=O)N1CCCC(N2CCNCC2=O)C1)c1ccccc1. The molecule has 0 spiro atoms. The van der Waals surface area contributed by atoms with Crippen molar-refractivity contribution in [1.82, 2.24) is 20.4 Å². The zero-order valence-electron chi connectivity index (χ0n) is 15.8. The Morgan fingerprint density at radius 3 is 2.74 bits per heavy atom. The van der Waals surface area contributed by atoms with Crippen LogP contribution >= 0.6 is 0 Å². The average molecular weight is 372 g/mol. The smallest absolute Gasteiger partial charge is 0.236 e. The van der Waals surface area contributed by atoms with Gasteiger partial charge in [-0.1, -0.05) is 30.3 Å². The highest BCUT2D eigenvalue weighted by Gasteiger charge is 2.32. The van der Waals surface area contributed by atoms with Crippen LogP contribution < -0.4 is 10.6 Å². The molecule has 2 aliphatic heterocycles. The van der Waals surface area contributed by atoms with Gasteiger partial charge >= 0.3 is 0 Å². The van der Waals surface area contributed by atoms with Crippen LogP contribution in [0.4, 0.5) is 0 Å². The number of benzene rings is 1. The van der Waals surface area contributed by atoms with Crippen LogP contribution in [0.3, 0.4) is 0 Å². The number of hydrogen-bond acceptors (Lipinski definition) is 4. The molecule has 2 saturated heterocycles. The summed E-state index contributed by atoms with van der Waals surface area (Å²) < 4.78 is 0. The summed E-state index contributed by atoms with van der Waals surface area (Å²) in [6.45, 7) is 4.62. The van der Waals surface area contributed by atoms with E-state index in [1.807, 2.05) is 40.1 Å². The topological polar surface area (TPSA) is 81.8 Å². The van der Waals surface area contributed by atoms with Crippen LogP contribution in [0, 0.1) is 0 Å². The van der Waals surface area contributed by atoms with Gasteiger partial charge in [0.2, 0.25) is 17.7 Å². The molecule has 7 heteroatoms. The van der Waals surface area contributed by atoms with E-state index in [1.165, 1.54) is 6.92 Å². The molecule has 1 aromatic carbocycles. The quantitative estimate of drug-likeness (QED) is 0.796. The van der Waals surface area contributed by atoms with Crippen LogP contribution in [0.15, 0.2) is 30.3 Å². The maximum Gasteiger partial charge on any atom is 0.236 e. The van der Waals surface area contributed by atoms with E-state index in [0.717, 1.165) is 24.9 Å². The second-order valence-corrected chi connectivity index (χ2v) is 7.27. The fraction of sp³-hybridized carbons (Fsp3) is 0.550. The third-order valence-electron chi connectivity index (χ3n) is 5.27. The van der Waals surface area contributed by atoms with Crippen LogP contribution in [-0.4, -0.2) is 66.3 Å². The minimum atomic E-state index is -0.336. The molecule has 2 aliphatic rings. The molecular formula is C20H28N4O3. The van der Waals surface area contributed by atoms with Crippen molar-refractivity contribution in [3.63, 3.8) is 0 Å². The summed E-state index contributed by atoms with van der Waals surface area (Å²) in [5.41, 5.74) is 0.923. The third kappa shape index (κ3) is 5.07. The molecule has 7 nitrogen and oxygen atoms in total. The van der Waals surface area contributed by atoms with Crippen molar-refractivity contribution in [3.8, 4) is 0 Å². The molecule has 2 heterocycles. The van der Waals surface area contributed by atoms with E-state index in [2.05, 4.69) is 10.6 Å². The molecule has 2 fully saturated rings. The van der Waals surface area contributed by atoms with E-state index in [0.29, 0.717) is 26.2 Å². The molecule has 0 aromatic heterocycles. The van der Waals surface area contributed by atoms with E-state index >= 15 is 0 Å². The highest BCUT2D eigenvalue weighted by atomic mass is 16.2. The lowest BCUT2D eigenvalue weighted by Gasteiger charge is -2.41. The number of piperidine rings is 1. The van der Waals surface area contributed by atoms with Crippen LogP contribution in [0.2, 0.25) is 0 Å². The minimum Gasteiger partial charge on any atom is -0.349 e. The molecule has 27 heavy (non-hydrogen) atoms. The van der Waals surface area contributed by atoms with Gasteiger partial charge in [0.1, 0.15) is 0 Å². The Hall–Kier alpha value is -2.41. The van der Waals surface area contributed by atoms with Crippen molar-refractivity contribution in [3.05, 3.63) is 35.9 Å². The summed E-state index contributed by atoms with van der Waals surface area (Å²) in [5, 5.41) is 5.98. The van der Waals surface area contributed by atoms with Crippen LogP contribution in [0.5, 0.6) is 0 Å². The summed E-state index contributed by atoms with van der Waals surface area (Å²) in [6.07, 6.45) is 2.05. The highest BCUT2D eigenvalue weighted by Crippen LogP contribution is 2.22. The lowest BCUT2D eigenvalue weighted by molar-refractivity contribution is -0.140. The Morgan fingerprint density at radius 1 is 1.26 bits per heavy atom. The molecule has 2 unspecified atom stereocenters. The minimum absolute atomic E-state index is 0.0184. The van der Waals surface area contributed by atoms with Crippen molar-refractivity contribution in [2.24, 2.45) is 0 Å². The standard InChI is InChI=1S/C20H28N4O3/c1-15(25)22-18(16-6-3-2-4-7-16)12-19(26)23-10-5-8-17(14-23)24-11-9-21-13-20(24)27/h2-4,6-7,17-18,21H,5,8-14H2,1H3,(H,22,25). The fourth-order valence-corrected chi connectivity index (χ4v) is 3.93. The van der Waals surface area contributed by atoms with Gasteiger partial charge in [-0.25, -0.2) is 0 Å².